The lowest BCUT2D eigenvalue weighted by Crippen LogP contribution is -2.37. The van der Waals surface area contributed by atoms with E-state index in [9.17, 15) is 0 Å². The fraction of sp³-hybridized carbons (Fsp3) is 0.727. The Balaban J connectivity index is 1.95. The number of hydrogen-bond donors (Lipinski definition) is 1. The van der Waals surface area contributed by atoms with Crippen molar-refractivity contribution < 1.29 is 0 Å². The second kappa shape index (κ2) is 4.60. The molecule has 1 N–H and O–H groups in total. The highest BCUT2D eigenvalue weighted by molar-refractivity contribution is 4.93. The summed E-state index contributed by atoms with van der Waals surface area (Å²) in [6, 6.07) is 0.656. The normalized spacial score (nSPS) is 22.5. The Hall–Kier alpha value is -0.830. The van der Waals surface area contributed by atoms with Gasteiger partial charge in [-0.05, 0) is 19.4 Å². The molecule has 0 aromatic carbocycles. The van der Waals surface area contributed by atoms with Crippen LogP contribution in [0.2, 0.25) is 0 Å². The zero-order chi connectivity index (χ0) is 9.80. The zero-order valence-corrected chi connectivity index (χ0v) is 8.87. The lowest BCUT2D eigenvalue weighted by Gasteiger charge is -2.24. The first-order valence-corrected chi connectivity index (χ1v) is 5.63. The van der Waals surface area contributed by atoms with Gasteiger partial charge in [-0.1, -0.05) is 13.3 Å². The zero-order valence-electron chi connectivity index (χ0n) is 8.87. The Kier molecular flexibility index (Phi) is 3.19. The molecule has 0 radical (unpaired) electrons. The van der Waals surface area contributed by atoms with Crippen molar-refractivity contribution in [2.45, 2.75) is 45.2 Å². The van der Waals surface area contributed by atoms with Crippen LogP contribution >= 0.6 is 0 Å². The molecule has 0 aliphatic carbocycles. The molecule has 14 heavy (non-hydrogen) atoms. The van der Waals surface area contributed by atoms with Crippen LogP contribution in [0.5, 0.6) is 0 Å². The average molecular weight is 193 g/mol. The summed E-state index contributed by atoms with van der Waals surface area (Å²) in [6.45, 7) is 4.43. The Morgan fingerprint density at radius 3 is 3.21 bits per heavy atom. The van der Waals surface area contributed by atoms with Gasteiger partial charge >= 0.3 is 0 Å². The Morgan fingerprint density at radius 1 is 1.57 bits per heavy atom. The number of imidazole rings is 1. The van der Waals surface area contributed by atoms with Crippen LogP contribution in [0.1, 0.15) is 32.0 Å². The maximum absolute atomic E-state index is 4.34. The SMILES string of the molecule is CCc1nccn1CC1CCCCN1. The van der Waals surface area contributed by atoms with Crippen molar-refractivity contribution in [3.05, 3.63) is 18.2 Å². The molecule has 0 bridgehead atoms. The monoisotopic (exact) mass is 193 g/mol. The van der Waals surface area contributed by atoms with E-state index < -0.39 is 0 Å². The molecule has 0 spiro atoms. The number of aryl methyl sites for hydroxylation is 1. The molecule has 1 saturated heterocycles. The van der Waals surface area contributed by atoms with Crippen molar-refractivity contribution in [3.8, 4) is 0 Å². The summed E-state index contributed by atoms with van der Waals surface area (Å²) in [5.41, 5.74) is 0. The van der Waals surface area contributed by atoms with E-state index in [0.717, 1.165) is 13.0 Å². The maximum Gasteiger partial charge on any atom is 0.108 e. The molecule has 3 nitrogen and oxygen atoms in total. The first-order valence-electron chi connectivity index (χ1n) is 5.63. The summed E-state index contributed by atoms with van der Waals surface area (Å²) >= 11 is 0. The minimum atomic E-state index is 0.656. The Morgan fingerprint density at radius 2 is 2.50 bits per heavy atom. The number of nitrogens with zero attached hydrogens (tertiary/aromatic N) is 2. The molecule has 1 aromatic heterocycles. The minimum Gasteiger partial charge on any atom is -0.333 e. The fourth-order valence-corrected chi connectivity index (χ4v) is 2.14. The first-order chi connectivity index (χ1) is 6.90. The summed E-state index contributed by atoms with van der Waals surface area (Å²) in [6.07, 6.45) is 9.03. The summed E-state index contributed by atoms with van der Waals surface area (Å²) in [4.78, 5) is 4.34. The van der Waals surface area contributed by atoms with Crippen LogP contribution in [0.3, 0.4) is 0 Å². The highest BCUT2D eigenvalue weighted by atomic mass is 15.1. The van der Waals surface area contributed by atoms with Gasteiger partial charge in [-0.25, -0.2) is 4.98 Å². The van der Waals surface area contributed by atoms with Crippen LogP contribution in [0.15, 0.2) is 12.4 Å². The number of nitrogens with one attached hydrogen (secondary N) is 1. The van der Waals surface area contributed by atoms with E-state index in [2.05, 4.69) is 28.0 Å². The van der Waals surface area contributed by atoms with E-state index in [1.165, 1.54) is 31.6 Å². The summed E-state index contributed by atoms with van der Waals surface area (Å²) in [5.74, 6) is 1.21. The van der Waals surface area contributed by atoms with Crippen LogP contribution < -0.4 is 5.32 Å². The van der Waals surface area contributed by atoms with Gasteiger partial charge in [-0.2, -0.15) is 0 Å². The van der Waals surface area contributed by atoms with Gasteiger partial charge in [0.05, 0.1) is 0 Å². The number of rotatable bonds is 3. The van der Waals surface area contributed by atoms with E-state index >= 15 is 0 Å². The summed E-state index contributed by atoms with van der Waals surface area (Å²) in [7, 11) is 0. The highest BCUT2D eigenvalue weighted by Gasteiger charge is 2.13. The van der Waals surface area contributed by atoms with Crippen molar-refractivity contribution >= 4 is 0 Å². The molecule has 1 unspecified atom stereocenters. The average Bonchev–Trinajstić information content (AvgIpc) is 2.67. The van der Waals surface area contributed by atoms with E-state index in [0.29, 0.717) is 6.04 Å². The smallest absolute Gasteiger partial charge is 0.108 e. The van der Waals surface area contributed by atoms with Gasteiger partial charge in [0, 0.05) is 31.4 Å². The van der Waals surface area contributed by atoms with Crippen LogP contribution in [0.25, 0.3) is 0 Å². The summed E-state index contributed by atoms with van der Waals surface area (Å²) < 4.78 is 2.28. The van der Waals surface area contributed by atoms with Gasteiger partial charge in [0.25, 0.3) is 0 Å². The molecule has 2 rings (SSSR count). The molecule has 0 saturated carbocycles. The summed E-state index contributed by atoms with van der Waals surface area (Å²) in [5, 5.41) is 3.56. The molecule has 78 valence electrons. The van der Waals surface area contributed by atoms with Crippen molar-refractivity contribution in [3.63, 3.8) is 0 Å². The van der Waals surface area contributed by atoms with Gasteiger partial charge in [0.2, 0.25) is 0 Å². The number of hydrogen-bond acceptors (Lipinski definition) is 2. The van der Waals surface area contributed by atoms with Gasteiger partial charge < -0.3 is 9.88 Å². The molecule has 0 amide bonds. The number of piperidine rings is 1. The van der Waals surface area contributed by atoms with Crippen molar-refractivity contribution in [1.29, 1.82) is 0 Å². The van der Waals surface area contributed by atoms with Crippen LogP contribution in [0, 0.1) is 0 Å². The molecule has 1 aliphatic rings. The van der Waals surface area contributed by atoms with Gasteiger partial charge in [0.1, 0.15) is 5.82 Å². The molecule has 1 aromatic rings. The lowest BCUT2D eigenvalue weighted by atomic mass is 10.1. The number of aromatic nitrogens is 2. The maximum atomic E-state index is 4.34. The lowest BCUT2D eigenvalue weighted by molar-refractivity contribution is 0.359. The van der Waals surface area contributed by atoms with E-state index in [1.54, 1.807) is 0 Å². The molecule has 1 fully saturated rings. The quantitative estimate of drug-likeness (QED) is 0.790. The predicted molar refractivity (Wildman–Crippen MR) is 57.2 cm³/mol. The molecular weight excluding hydrogens is 174 g/mol. The molecular formula is C11H19N3. The van der Waals surface area contributed by atoms with Gasteiger partial charge in [-0.3, -0.25) is 0 Å². The van der Waals surface area contributed by atoms with Gasteiger partial charge in [0.15, 0.2) is 0 Å². The van der Waals surface area contributed by atoms with Gasteiger partial charge in [-0.15, -0.1) is 0 Å². The Labute approximate surface area is 85.5 Å². The predicted octanol–water partition coefficient (Wildman–Crippen LogP) is 1.59. The van der Waals surface area contributed by atoms with Crippen molar-refractivity contribution in [2.75, 3.05) is 6.54 Å². The second-order valence-corrected chi connectivity index (χ2v) is 4.00. The minimum absolute atomic E-state index is 0.656. The fourth-order valence-electron chi connectivity index (χ4n) is 2.14. The van der Waals surface area contributed by atoms with E-state index in [-0.39, 0.29) is 0 Å². The molecule has 1 aliphatic heterocycles. The van der Waals surface area contributed by atoms with Crippen LogP contribution in [-0.2, 0) is 13.0 Å². The second-order valence-electron chi connectivity index (χ2n) is 4.00. The van der Waals surface area contributed by atoms with Crippen LogP contribution in [-0.4, -0.2) is 22.1 Å². The van der Waals surface area contributed by atoms with Crippen molar-refractivity contribution in [2.24, 2.45) is 0 Å². The molecule has 1 atom stereocenters. The third kappa shape index (κ3) is 2.15. The Bertz CT molecular complexity index is 274. The molecule has 3 heteroatoms. The third-order valence-corrected chi connectivity index (χ3v) is 2.95. The van der Waals surface area contributed by atoms with Crippen molar-refractivity contribution in [1.82, 2.24) is 14.9 Å². The topological polar surface area (TPSA) is 29.9 Å². The van der Waals surface area contributed by atoms with Crippen LogP contribution in [0.4, 0.5) is 0 Å². The first kappa shape index (κ1) is 9.71. The van der Waals surface area contributed by atoms with E-state index in [1.807, 2.05) is 6.20 Å². The molecule has 2 heterocycles. The largest absolute Gasteiger partial charge is 0.333 e. The standard InChI is InChI=1S/C11H19N3/c1-2-11-13-7-8-14(11)9-10-5-3-4-6-12-10/h7-8,10,12H,2-6,9H2,1H3. The highest BCUT2D eigenvalue weighted by Crippen LogP contribution is 2.10. The third-order valence-electron chi connectivity index (χ3n) is 2.95. The van der Waals surface area contributed by atoms with E-state index in [4.69, 9.17) is 0 Å².